The first-order valence-electron chi connectivity index (χ1n) is 6.87. The third kappa shape index (κ3) is 3.72. The summed E-state index contributed by atoms with van der Waals surface area (Å²) < 4.78 is 0. The normalized spacial score (nSPS) is 24.2. The molecule has 0 bridgehead atoms. The van der Waals surface area contributed by atoms with Crippen LogP contribution in [0.25, 0.3) is 0 Å². The van der Waals surface area contributed by atoms with Crippen LogP contribution in [0.4, 0.5) is 0 Å². The van der Waals surface area contributed by atoms with Crippen LogP contribution in [-0.2, 0) is 0 Å². The molecule has 1 aliphatic rings. The summed E-state index contributed by atoms with van der Waals surface area (Å²) in [6, 6.07) is 1.34. The summed E-state index contributed by atoms with van der Waals surface area (Å²) in [6.07, 6.45) is 5.19. The molecular weight excluding hydrogens is 198 g/mol. The van der Waals surface area contributed by atoms with E-state index in [1.807, 2.05) is 0 Å². The van der Waals surface area contributed by atoms with Gasteiger partial charge in [-0.3, -0.25) is 4.90 Å². The van der Waals surface area contributed by atoms with Gasteiger partial charge in [0.15, 0.2) is 0 Å². The molecule has 16 heavy (non-hydrogen) atoms. The lowest BCUT2D eigenvalue weighted by Crippen LogP contribution is -2.45. The number of nitrogens with two attached hydrogens (primary N) is 1. The standard InChI is InChI=1S/C13H29N3/c1-4-7-12(10-14)15(3)11-13-8-6-9-16(13)5-2/h12-13H,4-11,14H2,1-3H3. The second-order valence-electron chi connectivity index (χ2n) is 5.04. The van der Waals surface area contributed by atoms with Crippen molar-refractivity contribution in [3.05, 3.63) is 0 Å². The van der Waals surface area contributed by atoms with E-state index in [0.717, 1.165) is 12.6 Å². The average Bonchev–Trinajstić information content (AvgIpc) is 2.72. The van der Waals surface area contributed by atoms with Crippen LogP contribution in [0.5, 0.6) is 0 Å². The van der Waals surface area contributed by atoms with E-state index >= 15 is 0 Å². The maximum atomic E-state index is 5.85. The Morgan fingerprint density at radius 2 is 2.19 bits per heavy atom. The van der Waals surface area contributed by atoms with Crippen LogP contribution in [0.1, 0.15) is 39.5 Å². The van der Waals surface area contributed by atoms with Crippen molar-refractivity contribution in [1.82, 2.24) is 9.80 Å². The van der Waals surface area contributed by atoms with Crippen LogP contribution in [0.2, 0.25) is 0 Å². The highest BCUT2D eigenvalue weighted by Gasteiger charge is 2.25. The zero-order valence-electron chi connectivity index (χ0n) is 11.3. The monoisotopic (exact) mass is 227 g/mol. The molecule has 0 amide bonds. The van der Waals surface area contributed by atoms with E-state index in [9.17, 15) is 0 Å². The van der Waals surface area contributed by atoms with Crippen molar-refractivity contribution in [2.45, 2.75) is 51.6 Å². The lowest BCUT2D eigenvalue weighted by molar-refractivity contribution is 0.160. The van der Waals surface area contributed by atoms with E-state index < -0.39 is 0 Å². The van der Waals surface area contributed by atoms with Gasteiger partial charge in [0.2, 0.25) is 0 Å². The zero-order chi connectivity index (χ0) is 12.0. The Balaban J connectivity index is 2.39. The van der Waals surface area contributed by atoms with Crippen LogP contribution in [0, 0.1) is 0 Å². The SMILES string of the molecule is CCCC(CN)N(C)CC1CCCN1CC. The van der Waals surface area contributed by atoms with Crippen LogP contribution in [-0.4, -0.2) is 55.1 Å². The van der Waals surface area contributed by atoms with E-state index in [-0.39, 0.29) is 0 Å². The number of hydrogen-bond acceptors (Lipinski definition) is 3. The fraction of sp³-hybridized carbons (Fsp3) is 1.00. The number of rotatable bonds is 7. The highest BCUT2D eigenvalue weighted by Crippen LogP contribution is 2.18. The minimum Gasteiger partial charge on any atom is -0.329 e. The van der Waals surface area contributed by atoms with E-state index in [2.05, 4.69) is 30.7 Å². The molecule has 0 aromatic rings. The van der Waals surface area contributed by atoms with Gasteiger partial charge in [-0.1, -0.05) is 20.3 Å². The molecule has 0 radical (unpaired) electrons. The van der Waals surface area contributed by atoms with Crippen molar-refractivity contribution in [2.75, 3.05) is 33.2 Å². The first-order valence-corrected chi connectivity index (χ1v) is 6.87. The molecule has 2 atom stereocenters. The van der Waals surface area contributed by atoms with Crippen molar-refractivity contribution in [3.63, 3.8) is 0 Å². The van der Waals surface area contributed by atoms with Crippen LogP contribution >= 0.6 is 0 Å². The molecule has 1 aliphatic heterocycles. The molecular formula is C13H29N3. The largest absolute Gasteiger partial charge is 0.329 e. The molecule has 1 fully saturated rings. The number of likely N-dealkylation sites (N-methyl/N-ethyl adjacent to an activating group) is 2. The lowest BCUT2D eigenvalue weighted by atomic mass is 10.1. The average molecular weight is 227 g/mol. The quantitative estimate of drug-likeness (QED) is 0.716. The molecule has 0 aromatic carbocycles. The summed E-state index contributed by atoms with van der Waals surface area (Å²) in [5.41, 5.74) is 5.85. The van der Waals surface area contributed by atoms with Crippen molar-refractivity contribution >= 4 is 0 Å². The molecule has 2 N–H and O–H groups in total. The zero-order valence-corrected chi connectivity index (χ0v) is 11.3. The molecule has 1 rings (SSSR count). The molecule has 2 unspecified atom stereocenters. The molecule has 0 aromatic heterocycles. The summed E-state index contributed by atoms with van der Waals surface area (Å²) in [5, 5.41) is 0. The molecule has 0 saturated carbocycles. The topological polar surface area (TPSA) is 32.5 Å². The summed E-state index contributed by atoms with van der Waals surface area (Å²) in [6.45, 7) is 8.98. The Morgan fingerprint density at radius 1 is 1.44 bits per heavy atom. The van der Waals surface area contributed by atoms with Gasteiger partial charge >= 0.3 is 0 Å². The smallest absolute Gasteiger partial charge is 0.0223 e. The highest BCUT2D eigenvalue weighted by atomic mass is 15.2. The Bertz CT molecular complexity index is 184. The van der Waals surface area contributed by atoms with Crippen molar-refractivity contribution in [2.24, 2.45) is 5.73 Å². The molecule has 0 aliphatic carbocycles. The predicted octanol–water partition coefficient (Wildman–Crippen LogP) is 1.53. The van der Waals surface area contributed by atoms with Crippen molar-refractivity contribution in [1.29, 1.82) is 0 Å². The Hall–Kier alpha value is -0.120. The fourth-order valence-corrected chi connectivity index (χ4v) is 2.85. The summed E-state index contributed by atoms with van der Waals surface area (Å²) in [5.74, 6) is 0. The van der Waals surface area contributed by atoms with Gasteiger partial charge in [0, 0.05) is 25.2 Å². The minimum absolute atomic E-state index is 0.573. The maximum absolute atomic E-state index is 5.85. The fourth-order valence-electron chi connectivity index (χ4n) is 2.85. The number of hydrogen-bond donors (Lipinski definition) is 1. The van der Waals surface area contributed by atoms with Gasteiger partial charge in [-0.15, -0.1) is 0 Å². The van der Waals surface area contributed by atoms with Gasteiger partial charge < -0.3 is 10.6 Å². The first-order chi connectivity index (χ1) is 7.72. The van der Waals surface area contributed by atoms with E-state index in [0.29, 0.717) is 6.04 Å². The summed E-state index contributed by atoms with van der Waals surface area (Å²) in [7, 11) is 2.24. The van der Waals surface area contributed by atoms with Crippen molar-refractivity contribution < 1.29 is 0 Å². The molecule has 1 saturated heterocycles. The van der Waals surface area contributed by atoms with Gasteiger partial charge in [0.25, 0.3) is 0 Å². The Labute approximate surface area is 101 Å². The van der Waals surface area contributed by atoms with Crippen LogP contribution in [0.15, 0.2) is 0 Å². The Morgan fingerprint density at radius 3 is 2.75 bits per heavy atom. The predicted molar refractivity (Wildman–Crippen MR) is 70.6 cm³/mol. The van der Waals surface area contributed by atoms with Gasteiger partial charge in [0.05, 0.1) is 0 Å². The lowest BCUT2D eigenvalue weighted by Gasteiger charge is -2.32. The van der Waals surface area contributed by atoms with E-state index in [4.69, 9.17) is 5.73 Å². The van der Waals surface area contributed by atoms with Crippen LogP contribution < -0.4 is 5.73 Å². The van der Waals surface area contributed by atoms with Gasteiger partial charge in [-0.25, -0.2) is 0 Å². The summed E-state index contributed by atoms with van der Waals surface area (Å²) >= 11 is 0. The third-order valence-corrected chi connectivity index (χ3v) is 3.92. The number of likely N-dealkylation sites (tertiary alicyclic amines) is 1. The highest BCUT2D eigenvalue weighted by molar-refractivity contribution is 4.82. The third-order valence-electron chi connectivity index (χ3n) is 3.92. The number of nitrogens with zero attached hydrogens (tertiary/aromatic N) is 2. The van der Waals surface area contributed by atoms with Crippen molar-refractivity contribution in [3.8, 4) is 0 Å². The minimum atomic E-state index is 0.573. The Kier molecular flexibility index (Phi) is 6.32. The second kappa shape index (κ2) is 7.25. The van der Waals surface area contributed by atoms with Gasteiger partial charge in [-0.2, -0.15) is 0 Å². The first kappa shape index (κ1) is 13.9. The van der Waals surface area contributed by atoms with E-state index in [1.165, 1.54) is 45.3 Å². The molecule has 1 heterocycles. The molecule has 3 heteroatoms. The van der Waals surface area contributed by atoms with Gasteiger partial charge in [0.1, 0.15) is 0 Å². The van der Waals surface area contributed by atoms with E-state index in [1.54, 1.807) is 0 Å². The maximum Gasteiger partial charge on any atom is 0.0223 e. The molecule has 96 valence electrons. The summed E-state index contributed by atoms with van der Waals surface area (Å²) in [4.78, 5) is 5.08. The second-order valence-corrected chi connectivity index (χ2v) is 5.04. The molecule has 0 spiro atoms. The molecule has 3 nitrogen and oxygen atoms in total. The van der Waals surface area contributed by atoms with Crippen LogP contribution in [0.3, 0.4) is 0 Å². The van der Waals surface area contributed by atoms with Gasteiger partial charge in [-0.05, 0) is 39.4 Å².